The van der Waals surface area contributed by atoms with Gasteiger partial charge in [0.15, 0.2) is 5.78 Å². The molecule has 2 nitrogen and oxygen atoms in total. The zero-order chi connectivity index (χ0) is 13.5. The van der Waals surface area contributed by atoms with Crippen molar-refractivity contribution in [3.8, 4) is 0 Å². The molecule has 4 rings (SSSR count). The van der Waals surface area contributed by atoms with E-state index in [4.69, 9.17) is 0 Å². The van der Waals surface area contributed by atoms with Crippen LogP contribution in [0.15, 0.2) is 30.3 Å². The van der Waals surface area contributed by atoms with Crippen molar-refractivity contribution in [2.24, 2.45) is 11.8 Å². The van der Waals surface area contributed by atoms with Crippen LogP contribution >= 0.6 is 0 Å². The van der Waals surface area contributed by atoms with E-state index in [0.29, 0.717) is 17.7 Å². The summed E-state index contributed by atoms with van der Waals surface area (Å²) in [7, 11) is 0. The Morgan fingerprint density at radius 1 is 1.05 bits per heavy atom. The molecule has 3 aliphatic rings. The lowest BCUT2D eigenvalue weighted by Crippen LogP contribution is -2.37. The molecule has 1 heterocycles. The predicted octanol–water partition coefficient (Wildman–Crippen LogP) is 3.28. The summed E-state index contributed by atoms with van der Waals surface area (Å²) in [6.45, 7) is 0. The molecule has 0 radical (unpaired) electrons. The second kappa shape index (κ2) is 5.00. The first-order chi connectivity index (χ1) is 9.83. The molecule has 2 saturated carbocycles. The molecule has 2 aliphatic carbocycles. The second-order valence-electron chi connectivity index (χ2n) is 6.87. The van der Waals surface area contributed by atoms with E-state index in [1.807, 2.05) is 6.07 Å². The summed E-state index contributed by atoms with van der Waals surface area (Å²) in [5.74, 6) is 2.04. The van der Waals surface area contributed by atoms with Crippen LogP contribution in [0, 0.1) is 11.8 Å². The molecule has 1 saturated heterocycles. The van der Waals surface area contributed by atoms with Gasteiger partial charge in [-0.15, -0.1) is 0 Å². The van der Waals surface area contributed by atoms with E-state index in [-0.39, 0.29) is 12.0 Å². The van der Waals surface area contributed by atoms with Gasteiger partial charge in [-0.3, -0.25) is 4.79 Å². The first-order valence-corrected chi connectivity index (χ1v) is 8.17. The molecule has 2 heteroatoms. The minimum atomic E-state index is 0.154. The van der Waals surface area contributed by atoms with E-state index in [1.165, 1.54) is 31.2 Å². The summed E-state index contributed by atoms with van der Waals surface area (Å²) in [5, 5.41) is 3.64. The number of carbonyl (C=O) groups excluding carboxylic acids is 1. The Balaban J connectivity index is 1.40. The number of Topliss-reactive ketones (excluding diaryl/α,β-unsaturated/α-hetero) is 1. The Morgan fingerprint density at radius 2 is 1.85 bits per heavy atom. The Labute approximate surface area is 121 Å². The molecule has 0 bridgehead atoms. The molecule has 1 aliphatic heterocycles. The normalized spacial score (nSPS) is 39.3. The maximum Gasteiger partial charge on any atom is 0.153 e. The third-order valence-corrected chi connectivity index (χ3v) is 5.59. The molecule has 3 fully saturated rings. The highest BCUT2D eigenvalue weighted by Gasteiger charge is 2.48. The fraction of sp³-hybridized carbons (Fsp3) is 0.611. The smallest absolute Gasteiger partial charge is 0.153 e. The summed E-state index contributed by atoms with van der Waals surface area (Å²) >= 11 is 0. The fourth-order valence-electron chi connectivity index (χ4n) is 4.37. The first-order valence-electron chi connectivity index (χ1n) is 8.17. The van der Waals surface area contributed by atoms with E-state index >= 15 is 0 Å². The van der Waals surface area contributed by atoms with Crippen molar-refractivity contribution < 1.29 is 4.79 Å². The number of fused-ring (bicyclic) bond motifs is 1. The maximum absolute atomic E-state index is 12.7. The van der Waals surface area contributed by atoms with Crippen LogP contribution in [0.25, 0.3) is 0 Å². The van der Waals surface area contributed by atoms with Crippen LogP contribution < -0.4 is 5.32 Å². The fourth-order valence-corrected chi connectivity index (χ4v) is 4.37. The summed E-state index contributed by atoms with van der Waals surface area (Å²) in [6.07, 6.45) is 7.47. The Hall–Kier alpha value is -1.15. The lowest BCUT2D eigenvalue weighted by molar-refractivity contribution is -0.122. The zero-order valence-corrected chi connectivity index (χ0v) is 11.9. The van der Waals surface area contributed by atoms with Crippen LogP contribution in [0.1, 0.15) is 50.0 Å². The van der Waals surface area contributed by atoms with E-state index in [1.54, 1.807) is 0 Å². The molecule has 1 aromatic rings. The van der Waals surface area contributed by atoms with Gasteiger partial charge in [-0.1, -0.05) is 43.2 Å². The van der Waals surface area contributed by atoms with E-state index in [2.05, 4.69) is 29.6 Å². The van der Waals surface area contributed by atoms with Crippen LogP contribution in [0.3, 0.4) is 0 Å². The molecule has 1 aromatic carbocycles. The molecular weight excluding hydrogens is 246 g/mol. The molecule has 1 N–H and O–H groups in total. The quantitative estimate of drug-likeness (QED) is 0.912. The number of nitrogens with one attached hydrogen (secondary N) is 1. The third kappa shape index (κ3) is 2.20. The van der Waals surface area contributed by atoms with Crippen LogP contribution in [0.5, 0.6) is 0 Å². The van der Waals surface area contributed by atoms with Gasteiger partial charge in [-0.05, 0) is 43.1 Å². The van der Waals surface area contributed by atoms with Crippen molar-refractivity contribution in [3.63, 3.8) is 0 Å². The van der Waals surface area contributed by atoms with Crippen molar-refractivity contribution in [2.75, 3.05) is 0 Å². The zero-order valence-electron chi connectivity index (χ0n) is 11.9. The molecule has 5 atom stereocenters. The second-order valence-corrected chi connectivity index (χ2v) is 6.87. The minimum Gasteiger partial charge on any atom is -0.304 e. The van der Waals surface area contributed by atoms with Crippen LogP contribution in [0.2, 0.25) is 0 Å². The Bertz CT molecular complexity index is 483. The molecular formula is C18H23NO. The van der Waals surface area contributed by atoms with Crippen LogP contribution in [-0.4, -0.2) is 17.9 Å². The van der Waals surface area contributed by atoms with E-state index < -0.39 is 0 Å². The highest BCUT2D eigenvalue weighted by Crippen LogP contribution is 2.49. The average Bonchev–Trinajstić information content (AvgIpc) is 3.18. The number of carbonyl (C=O) groups is 1. The molecule has 0 spiro atoms. The van der Waals surface area contributed by atoms with Crippen LogP contribution in [0.4, 0.5) is 0 Å². The van der Waals surface area contributed by atoms with Gasteiger partial charge in [0.25, 0.3) is 0 Å². The standard InChI is InChI=1S/C18H23NO/c20-18(15-11-14(15)12-6-2-1-3-7-12)17-10-13-8-4-5-9-16(13)19-17/h1-3,6-7,13-17,19H,4-5,8-11H2. The van der Waals surface area contributed by atoms with Gasteiger partial charge >= 0.3 is 0 Å². The highest BCUT2D eigenvalue weighted by molar-refractivity contribution is 5.90. The number of hydrogen-bond acceptors (Lipinski definition) is 2. The molecule has 5 unspecified atom stereocenters. The van der Waals surface area contributed by atoms with Gasteiger partial charge in [-0.2, -0.15) is 0 Å². The van der Waals surface area contributed by atoms with Crippen molar-refractivity contribution in [2.45, 2.75) is 56.5 Å². The predicted molar refractivity (Wildman–Crippen MR) is 79.6 cm³/mol. The Morgan fingerprint density at radius 3 is 2.65 bits per heavy atom. The topological polar surface area (TPSA) is 29.1 Å². The first kappa shape index (κ1) is 12.6. The van der Waals surface area contributed by atoms with Gasteiger partial charge in [0, 0.05) is 12.0 Å². The third-order valence-electron chi connectivity index (χ3n) is 5.59. The van der Waals surface area contributed by atoms with Crippen molar-refractivity contribution in [3.05, 3.63) is 35.9 Å². The number of benzene rings is 1. The number of rotatable bonds is 3. The average molecular weight is 269 g/mol. The summed E-state index contributed by atoms with van der Waals surface area (Å²) in [6, 6.07) is 11.3. The largest absolute Gasteiger partial charge is 0.304 e. The summed E-state index contributed by atoms with van der Waals surface area (Å²) in [4.78, 5) is 12.7. The molecule has 106 valence electrons. The number of ketones is 1. The minimum absolute atomic E-state index is 0.154. The Kier molecular flexibility index (Phi) is 3.14. The molecule has 0 amide bonds. The lowest BCUT2D eigenvalue weighted by Gasteiger charge is -2.24. The van der Waals surface area contributed by atoms with Gasteiger partial charge < -0.3 is 5.32 Å². The van der Waals surface area contributed by atoms with Gasteiger partial charge in [0.2, 0.25) is 0 Å². The summed E-state index contributed by atoms with van der Waals surface area (Å²) in [5.41, 5.74) is 1.35. The monoisotopic (exact) mass is 269 g/mol. The lowest BCUT2D eigenvalue weighted by atomic mass is 9.84. The van der Waals surface area contributed by atoms with Crippen molar-refractivity contribution in [1.29, 1.82) is 0 Å². The maximum atomic E-state index is 12.7. The molecule has 0 aromatic heterocycles. The molecule has 20 heavy (non-hydrogen) atoms. The van der Waals surface area contributed by atoms with Crippen LogP contribution in [-0.2, 0) is 4.79 Å². The van der Waals surface area contributed by atoms with Gasteiger partial charge in [0.05, 0.1) is 6.04 Å². The van der Waals surface area contributed by atoms with Gasteiger partial charge in [0.1, 0.15) is 0 Å². The highest BCUT2D eigenvalue weighted by atomic mass is 16.1. The van der Waals surface area contributed by atoms with E-state index in [0.717, 1.165) is 18.8 Å². The van der Waals surface area contributed by atoms with E-state index in [9.17, 15) is 4.79 Å². The SMILES string of the molecule is O=C(C1CC2CCCCC2N1)C1CC1c1ccccc1. The van der Waals surface area contributed by atoms with Crippen molar-refractivity contribution in [1.82, 2.24) is 5.32 Å². The van der Waals surface area contributed by atoms with Crippen molar-refractivity contribution >= 4 is 5.78 Å². The number of hydrogen-bond donors (Lipinski definition) is 1. The van der Waals surface area contributed by atoms with Gasteiger partial charge in [-0.25, -0.2) is 0 Å². The summed E-state index contributed by atoms with van der Waals surface area (Å²) < 4.78 is 0.